The lowest BCUT2D eigenvalue weighted by atomic mass is 9.95. The van der Waals surface area contributed by atoms with E-state index >= 15 is 0 Å². The molecule has 2 bridgehead atoms. The Labute approximate surface area is 466 Å². The topological polar surface area (TPSA) is 327 Å². The van der Waals surface area contributed by atoms with Crippen LogP contribution in [-0.2, 0) is 66.4 Å². The van der Waals surface area contributed by atoms with Crippen LogP contribution >= 0.6 is 0 Å². The highest BCUT2D eigenvalue weighted by atomic mass is 16.8. The van der Waals surface area contributed by atoms with E-state index in [9.17, 15) is 55.5 Å². The first kappa shape index (κ1) is 66.3. The molecule has 6 rings (SSSR count). The average Bonchev–Trinajstić information content (AvgIpc) is 3.41. The molecule has 6 fully saturated rings. The second-order valence-electron chi connectivity index (χ2n) is 22.9. The summed E-state index contributed by atoms with van der Waals surface area (Å²) in [5, 5.41) is 101. The number of hydrogen-bond acceptors (Lipinski definition) is 23. The van der Waals surface area contributed by atoms with E-state index in [0.717, 1.165) is 89.9 Å². The minimum atomic E-state index is -1.88. The second kappa shape index (κ2) is 32.5. The lowest BCUT2D eigenvalue weighted by Gasteiger charge is -2.51. The Balaban J connectivity index is 1.35. The van der Waals surface area contributed by atoms with Crippen molar-refractivity contribution in [2.75, 3.05) is 0 Å². The van der Waals surface area contributed by atoms with Crippen molar-refractivity contribution in [2.24, 2.45) is 0 Å². The first-order valence-electron chi connectivity index (χ1n) is 29.8. The van der Waals surface area contributed by atoms with Gasteiger partial charge in [0.05, 0.1) is 36.6 Å². The molecule has 6 saturated heterocycles. The van der Waals surface area contributed by atoms with Gasteiger partial charge < -0.3 is 103 Å². The third-order valence-electron chi connectivity index (χ3n) is 16.4. The van der Waals surface area contributed by atoms with E-state index in [0.29, 0.717) is 32.1 Å². The average molecular weight is 1140 g/mol. The molecule has 0 aliphatic carbocycles. The predicted octanol–water partition coefficient (Wildman–Crippen LogP) is 2.95. The quantitative estimate of drug-likeness (QED) is 0.0663. The van der Waals surface area contributed by atoms with Crippen molar-refractivity contribution in [1.82, 2.24) is 0 Å². The summed E-state index contributed by atoms with van der Waals surface area (Å²) in [6.07, 6.45) is -21.3. The summed E-state index contributed by atoms with van der Waals surface area (Å²) in [6, 6.07) is 0. The van der Waals surface area contributed by atoms with E-state index in [4.69, 9.17) is 56.8 Å². The standard InChI is InChI=1S/C56H98O23/c1-8-10-12-13-15-19-24-28-36(58)75-51-50(78-53-44(66)41(63)38(60)30(4)69-53)47(76-52-43(65)40(62)37(59)29(3)68-52)33(7)72-56(51)77-46-32(6)71-54-45(67)48(46)74-35(57)27-23-20-17-14-16-18-22-26-34(25-21-11-9-2)73-49-42(64)39(61)31(5)70-55(49)79-54/h29-34,37-56,59-67H,8-28H2,1-7H3/t29-,30-,31+,32-,33-,34?,37-,38-,39-,40+,41+,42-,43+,44+,45+,46-,47-,48-,49+,50+,51+,52-,53-,54-,55+,56-/m0/s1. The first-order valence-corrected chi connectivity index (χ1v) is 29.8. The van der Waals surface area contributed by atoms with Gasteiger partial charge in [-0.1, -0.05) is 110 Å². The fourth-order valence-corrected chi connectivity index (χ4v) is 11.4. The zero-order valence-corrected chi connectivity index (χ0v) is 47.6. The van der Waals surface area contributed by atoms with Gasteiger partial charge >= 0.3 is 11.9 Å². The van der Waals surface area contributed by atoms with Crippen molar-refractivity contribution < 1.29 is 112 Å². The Morgan fingerprint density at radius 1 is 0.443 bits per heavy atom. The molecule has 0 aromatic heterocycles. The zero-order valence-electron chi connectivity index (χ0n) is 47.6. The van der Waals surface area contributed by atoms with Gasteiger partial charge in [-0.2, -0.15) is 0 Å². The van der Waals surface area contributed by atoms with E-state index in [-0.39, 0.29) is 18.9 Å². The molecule has 23 heteroatoms. The molecule has 0 saturated carbocycles. The predicted molar refractivity (Wildman–Crippen MR) is 278 cm³/mol. The molecule has 6 aliphatic heterocycles. The van der Waals surface area contributed by atoms with Crippen molar-refractivity contribution in [2.45, 2.75) is 343 Å². The number of aliphatic hydroxyl groups excluding tert-OH is 9. The lowest BCUT2D eigenvalue weighted by Crippen LogP contribution is -2.68. The maximum Gasteiger partial charge on any atom is 0.306 e. The number of esters is 2. The Hall–Kier alpha value is -1.82. The van der Waals surface area contributed by atoms with Gasteiger partial charge in [0.1, 0.15) is 79.4 Å². The number of rotatable bonds is 19. The van der Waals surface area contributed by atoms with Crippen LogP contribution in [-0.4, -0.2) is 218 Å². The molecular weight excluding hydrogens is 1040 g/mol. The van der Waals surface area contributed by atoms with E-state index in [1.54, 1.807) is 13.8 Å². The van der Waals surface area contributed by atoms with E-state index in [1.165, 1.54) is 20.8 Å². The summed E-state index contributed by atoms with van der Waals surface area (Å²) >= 11 is 0. The Kier molecular flexibility index (Phi) is 27.2. The van der Waals surface area contributed by atoms with Crippen molar-refractivity contribution in [3.05, 3.63) is 0 Å². The Morgan fingerprint density at radius 2 is 0.937 bits per heavy atom. The fraction of sp³-hybridized carbons (Fsp3) is 0.964. The molecule has 0 amide bonds. The monoisotopic (exact) mass is 1140 g/mol. The van der Waals surface area contributed by atoms with Crippen LogP contribution in [0.25, 0.3) is 0 Å². The molecule has 0 radical (unpaired) electrons. The van der Waals surface area contributed by atoms with Gasteiger partial charge in [-0.25, -0.2) is 0 Å². The van der Waals surface area contributed by atoms with Crippen LogP contribution in [0.15, 0.2) is 0 Å². The fourth-order valence-electron chi connectivity index (χ4n) is 11.4. The zero-order chi connectivity index (χ0) is 57.5. The van der Waals surface area contributed by atoms with Gasteiger partial charge in [-0.3, -0.25) is 9.59 Å². The number of ether oxygens (including phenoxy) is 12. The molecule has 23 nitrogen and oxygen atoms in total. The van der Waals surface area contributed by atoms with Crippen LogP contribution in [0.5, 0.6) is 0 Å². The van der Waals surface area contributed by atoms with Crippen molar-refractivity contribution in [3.63, 3.8) is 0 Å². The Morgan fingerprint density at radius 3 is 1.57 bits per heavy atom. The first-order chi connectivity index (χ1) is 37.7. The largest absolute Gasteiger partial charge is 0.456 e. The number of carbonyl (C=O) groups is 2. The normalized spacial score (nSPS) is 44.3. The molecule has 460 valence electrons. The highest BCUT2D eigenvalue weighted by molar-refractivity contribution is 5.70. The summed E-state index contributed by atoms with van der Waals surface area (Å²) in [5.41, 5.74) is 0. The van der Waals surface area contributed by atoms with Crippen LogP contribution in [0, 0.1) is 0 Å². The molecular formula is C56H98O23. The lowest BCUT2D eigenvalue weighted by molar-refractivity contribution is -0.403. The van der Waals surface area contributed by atoms with Crippen molar-refractivity contribution in [3.8, 4) is 0 Å². The number of aliphatic hydroxyl groups is 9. The van der Waals surface area contributed by atoms with Crippen LogP contribution in [0.2, 0.25) is 0 Å². The van der Waals surface area contributed by atoms with Gasteiger partial charge in [0.2, 0.25) is 0 Å². The van der Waals surface area contributed by atoms with Crippen molar-refractivity contribution in [1.29, 1.82) is 0 Å². The Bertz CT molecular complexity index is 1770. The number of unbranched alkanes of at least 4 members (excludes halogenated alkanes) is 8. The minimum absolute atomic E-state index is 0.00770. The summed E-state index contributed by atoms with van der Waals surface area (Å²) < 4.78 is 75.9. The molecule has 0 aromatic rings. The van der Waals surface area contributed by atoms with Crippen molar-refractivity contribution >= 4 is 11.9 Å². The van der Waals surface area contributed by atoms with Crippen LogP contribution < -0.4 is 0 Å². The second-order valence-corrected chi connectivity index (χ2v) is 22.9. The molecule has 1 unspecified atom stereocenters. The highest BCUT2D eigenvalue weighted by Crippen LogP contribution is 2.39. The molecule has 79 heavy (non-hydrogen) atoms. The maximum atomic E-state index is 14.1. The minimum Gasteiger partial charge on any atom is -0.456 e. The maximum absolute atomic E-state index is 14.1. The third kappa shape index (κ3) is 18.1. The molecule has 6 aliphatic rings. The number of fused-ring (bicyclic) bond motifs is 3. The van der Waals surface area contributed by atoms with Crippen LogP contribution in [0.3, 0.4) is 0 Å². The number of carbonyl (C=O) groups excluding carboxylic acids is 2. The van der Waals surface area contributed by atoms with Crippen LogP contribution in [0.1, 0.15) is 183 Å². The summed E-state index contributed by atoms with van der Waals surface area (Å²) in [4.78, 5) is 28.1. The SMILES string of the molecule is CCCCCCCCCC(=O)O[C@H]1[C@H](O[C@@H]2[C@H]3OC(=O)CCCCCCCCCC(CCCCC)O[C@H]4[C@@H](O[C@H](O[C@H]2C)[C@@H]3O)O[C@H](C)[C@H](O)[C@@H]4O)O[C@@H](C)[C@H](O[C@@H]2O[C@@H](C)[C@H](O)[C@@H](O)[C@H]2O)[C@H]1O[C@@H]1O[C@@H](C)[C@H](O)[C@@H](O)[C@H]1O. The molecule has 26 atom stereocenters. The number of hydrogen-bond donors (Lipinski definition) is 9. The van der Waals surface area contributed by atoms with Gasteiger partial charge in [0.15, 0.2) is 43.7 Å². The third-order valence-corrected chi connectivity index (χ3v) is 16.4. The molecule has 9 N–H and O–H groups in total. The molecule has 0 aromatic carbocycles. The van der Waals surface area contributed by atoms with E-state index in [1.807, 2.05) is 0 Å². The van der Waals surface area contributed by atoms with Gasteiger partial charge in [-0.15, -0.1) is 0 Å². The molecule has 0 spiro atoms. The summed E-state index contributed by atoms with van der Waals surface area (Å²) in [5.74, 6) is -1.40. The van der Waals surface area contributed by atoms with Crippen LogP contribution in [0.4, 0.5) is 0 Å². The molecule has 6 heterocycles. The smallest absolute Gasteiger partial charge is 0.306 e. The summed E-state index contributed by atoms with van der Waals surface area (Å²) in [6.45, 7) is 11.8. The van der Waals surface area contributed by atoms with E-state index < -0.39 is 165 Å². The highest BCUT2D eigenvalue weighted by Gasteiger charge is 2.58. The van der Waals surface area contributed by atoms with Gasteiger partial charge in [-0.05, 0) is 60.3 Å². The summed E-state index contributed by atoms with van der Waals surface area (Å²) in [7, 11) is 0. The van der Waals surface area contributed by atoms with E-state index in [2.05, 4.69) is 13.8 Å². The van der Waals surface area contributed by atoms with Gasteiger partial charge in [0, 0.05) is 12.8 Å². The van der Waals surface area contributed by atoms with Gasteiger partial charge in [0.25, 0.3) is 0 Å².